The van der Waals surface area contributed by atoms with Crippen LogP contribution >= 0.6 is 32.5 Å². The maximum absolute atomic E-state index is 14.1. The molecule has 1 fully saturated rings. The van der Waals surface area contributed by atoms with Crippen LogP contribution in [0.15, 0.2) is 66.3 Å². The van der Waals surface area contributed by atoms with Crippen molar-refractivity contribution in [3.8, 4) is 11.1 Å². The van der Waals surface area contributed by atoms with Crippen molar-refractivity contribution >= 4 is 54.0 Å². The molecule has 7 nitrogen and oxygen atoms in total. The molecular weight excluding hydrogens is 673 g/mol. The van der Waals surface area contributed by atoms with Gasteiger partial charge in [0, 0.05) is 18.8 Å². The number of aliphatic imine (C=N–C) groups is 1. The van der Waals surface area contributed by atoms with Crippen LogP contribution in [0.5, 0.6) is 0 Å². The Morgan fingerprint density at radius 3 is 2.33 bits per heavy atom. The van der Waals surface area contributed by atoms with Crippen LogP contribution in [0.4, 0.5) is 8.78 Å². The second kappa shape index (κ2) is 15.2. The summed E-state index contributed by atoms with van der Waals surface area (Å²) in [7, 11) is 0. The molecule has 226 valence electrons. The van der Waals surface area contributed by atoms with Crippen molar-refractivity contribution in [1.29, 1.82) is 0 Å². The predicted molar refractivity (Wildman–Crippen MR) is 176 cm³/mol. The number of rotatable bonds is 13. The van der Waals surface area contributed by atoms with Crippen molar-refractivity contribution in [2.45, 2.75) is 35.0 Å². The molecule has 0 spiro atoms. The van der Waals surface area contributed by atoms with Gasteiger partial charge >= 0.3 is 3.93 Å². The van der Waals surface area contributed by atoms with Crippen molar-refractivity contribution in [2.24, 2.45) is 4.99 Å². The smallest absolute Gasteiger partial charge is 0.308 e. The van der Waals surface area contributed by atoms with E-state index in [1.807, 2.05) is 48.5 Å². The molecule has 11 heteroatoms. The molecule has 2 amide bonds. The van der Waals surface area contributed by atoms with Crippen molar-refractivity contribution in [1.82, 2.24) is 15.5 Å². The van der Waals surface area contributed by atoms with E-state index in [2.05, 4.69) is 26.7 Å². The largest absolute Gasteiger partial charge is 0.378 e. The first-order valence-electron chi connectivity index (χ1n) is 14.0. The number of morpholine rings is 1. The number of carbonyl (C=O) groups is 2. The van der Waals surface area contributed by atoms with E-state index >= 15 is 0 Å². The van der Waals surface area contributed by atoms with E-state index in [1.165, 1.54) is 11.8 Å². The lowest BCUT2D eigenvalue weighted by Gasteiger charge is -2.31. The molecule has 2 aromatic rings. The summed E-state index contributed by atoms with van der Waals surface area (Å²) in [5.41, 5.74) is 2.63. The average Bonchev–Trinajstić information content (AvgIpc) is 3.31. The van der Waals surface area contributed by atoms with Gasteiger partial charge in [-0.1, -0.05) is 84.2 Å². The third-order valence-electron chi connectivity index (χ3n) is 7.48. The summed E-state index contributed by atoms with van der Waals surface area (Å²) in [5.74, 6) is 0.343. The molecule has 2 N–H and O–H groups in total. The van der Waals surface area contributed by atoms with E-state index < -0.39 is 36.6 Å². The molecule has 0 aromatic heterocycles. The standard InChI is InChI=1S/C31H37F2IN4O3S/c1-3-35-29(36-21-27(39)38-16-18-41-19-17-38)42-20-10-4-9-15-30(28(40)37-22-31(32,33)34-2)25-13-7-5-11-23(25)24-12-6-8-14-26(24)30/h3,5-8,11-14H,1-2,4,9-10,15-22H2,(H,35,36)(H,37,40). The number of alkyl halides is 3. The summed E-state index contributed by atoms with van der Waals surface area (Å²) >= 11 is -0.0731. The Balaban J connectivity index is 1.40. The summed E-state index contributed by atoms with van der Waals surface area (Å²) in [5, 5.41) is 6.24. The lowest BCUT2D eigenvalue weighted by molar-refractivity contribution is -0.133. The van der Waals surface area contributed by atoms with Gasteiger partial charge in [0.1, 0.15) is 12.0 Å². The van der Waals surface area contributed by atoms with Gasteiger partial charge in [-0.05, 0) is 62.0 Å². The summed E-state index contributed by atoms with van der Waals surface area (Å²) < 4.78 is 34.1. The van der Waals surface area contributed by atoms with Crippen LogP contribution in [-0.2, 0) is 19.7 Å². The third kappa shape index (κ3) is 7.65. The molecule has 2 aliphatic rings. The zero-order chi connectivity index (χ0) is 30.0. The summed E-state index contributed by atoms with van der Waals surface area (Å²) in [6, 6.07) is 15.5. The Morgan fingerprint density at radius 2 is 1.71 bits per heavy atom. The fourth-order valence-electron chi connectivity index (χ4n) is 5.44. The molecule has 4 rings (SSSR count). The molecule has 0 radical (unpaired) electrons. The number of thioether (sulfide) groups is 1. The Hall–Kier alpha value is -2.64. The molecule has 42 heavy (non-hydrogen) atoms. The van der Waals surface area contributed by atoms with Gasteiger partial charge in [0.15, 0.2) is 5.17 Å². The van der Waals surface area contributed by atoms with Crippen molar-refractivity contribution in [3.05, 3.63) is 72.4 Å². The normalized spacial score (nSPS) is 16.0. The highest BCUT2D eigenvalue weighted by atomic mass is 127. The second-order valence-corrected chi connectivity index (χ2v) is 13.5. The van der Waals surface area contributed by atoms with Crippen molar-refractivity contribution in [2.75, 3.05) is 45.1 Å². The number of hydrogen-bond donors (Lipinski definition) is 2. The van der Waals surface area contributed by atoms with Crippen LogP contribution in [0.1, 0.15) is 36.8 Å². The molecule has 1 aliphatic carbocycles. The van der Waals surface area contributed by atoms with Crippen LogP contribution in [0.25, 0.3) is 11.1 Å². The van der Waals surface area contributed by atoms with E-state index in [4.69, 9.17) is 4.74 Å². The SMILES string of the molecule is C=CNC(=NCC(=O)N1CCOCC1)SCCCCCC1(C(=O)NCC(F)(F)I=C)c2ccccc2-c2ccccc21. The predicted octanol–water partition coefficient (Wildman–Crippen LogP) is 5.31. The van der Waals surface area contributed by atoms with Gasteiger partial charge in [-0.3, -0.25) is 14.6 Å². The first-order valence-corrected chi connectivity index (χ1v) is 17.6. The highest BCUT2D eigenvalue weighted by Crippen LogP contribution is 2.51. The van der Waals surface area contributed by atoms with Gasteiger partial charge < -0.3 is 20.3 Å². The van der Waals surface area contributed by atoms with Gasteiger partial charge in [-0.15, -0.1) is 0 Å². The third-order valence-corrected chi connectivity index (χ3v) is 9.99. The fourth-order valence-corrected chi connectivity index (χ4v) is 6.77. The van der Waals surface area contributed by atoms with Crippen LogP contribution in [0, 0.1) is 0 Å². The summed E-state index contributed by atoms with van der Waals surface area (Å²) in [6.07, 6.45) is 4.46. The number of benzene rings is 2. The molecule has 1 saturated heterocycles. The zero-order valence-corrected chi connectivity index (χ0v) is 26.5. The van der Waals surface area contributed by atoms with Gasteiger partial charge in [0.25, 0.3) is 0 Å². The maximum atomic E-state index is 14.1. The average molecular weight is 711 g/mol. The van der Waals surface area contributed by atoms with Crippen molar-refractivity contribution in [3.63, 3.8) is 0 Å². The Morgan fingerprint density at radius 1 is 1.07 bits per heavy atom. The monoisotopic (exact) mass is 710 g/mol. The summed E-state index contributed by atoms with van der Waals surface area (Å²) in [4.78, 5) is 32.5. The molecule has 1 aliphatic heterocycles. The minimum atomic E-state index is -2.96. The first kappa shape index (κ1) is 32.3. The number of nitrogens with zero attached hydrogens (tertiary/aromatic N) is 2. The van der Waals surface area contributed by atoms with Gasteiger partial charge in [0.2, 0.25) is 11.8 Å². The van der Waals surface area contributed by atoms with Crippen molar-refractivity contribution < 1.29 is 23.1 Å². The second-order valence-electron chi connectivity index (χ2n) is 10.1. The topological polar surface area (TPSA) is 83.0 Å². The molecular formula is C31H37F2IN4O3S. The van der Waals surface area contributed by atoms with E-state index in [0.717, 1.165) is 47.3 Å². The van der Waals surface area contributed by atoms with Crippen LogP contribution in [-0.4, -0.2) is 75.5 Å². The Kier molecular flexibility index (Phi) is 11.7. The number of halogens is 3. The lowest BCUT2D eigenvalue weighted by Crippen LogP contribution is -2.47. The van der Waals surface area contributed by atoms with Gasteiger partial charge in [0.05, 0.1) is 19.8 Å². The molecule has 0 bridgehead atoms. The van der Waals surface area contributed by atoms with E-state index in [1.54, 1.807) is 11.1 Å². The van der Waals surface area contributed by atoms with Crippen LogP contribution < -0.4 is 10.6 Å². The molecule has 0 saturated carbocycles. The minimum Gasteiger partial charge on any atom is -0.378 e. The highest BCUT2D eigenvalue weighted by molar-refractivity contribution is 14.2. The number of fused-ring (bicyclic) bond motifs is 3. The molecule has 0 unspecified atom stereocenters. The first-order chi connectivity index (χ1) is 20.3. The number of ether oxygens (including phenoxy) is 1. The number of hydrogen-bond acceptors (Lipinski definition) is 5. The van der Waals surface area contributed by atoms with Crippen LogP contribution in [0.3, 0.4) is 0 Å². The number of nitrogens with one attached hydrogen (secondary N) is 2. The zero-order valence-electron chi connectivity index (χ0n) is 23.5. The quantitative estimate of drug-likeness (QED) is 0.0970. The molecule has 0 atom stereocenters. The highest BCUT2D eigenvalue weighted by Gasteiger charge is 2.48. The van der Waals surface area contributed by atoms with E-state index in [-0.39, 0.29) is 18.4 Å². The Labute approximate surface area is 260 Å². The van der Waals surface area contributed by atoms with Gasteiger partial charge in [-0.2, -0.15) is 8.78 Å². The fraction of sp³-hybridized carbons (Fsp3) is 0.419. The van der Waals surface area contributed by atoms with Gasteiger partial charge in [-0.25, -0.2) is 0 Å². The number of unbranched alkanes of at least 4 members (excludes halogenated alkanes) is 2. The minimum absolute atomic E-state index is 0.0298. The number of carbonyl (C=O) groups excluding carboxylic acids is 2. The number of amides is 2. The molecule has 2 aromatic carbocycles. The Bertz CT molecular complexity index is 1270. The van der Waals surface area contributed by atoms with E-state index in [0.29, 0.717) is 37.9 Å². The van der Waals surface area contributed by atoms with Crippen LogP contribution in [0.2, 0.25) is 0 Å². The molecule has 1 heterocycles. The maximum Gasteiger partial charge on any atom is 0.308 e. The van der Waals surface area contributed by atoms with E-state index in [9.17, 15) is 18.4 Å². The number of amidine groups is 1. The lowest BCUT2D eigenvalue weighted by atomic mass is 9.73. The summed E-state index contributed by atoms with van der Waals surface area (Å²) in [6.45, 7) is 5.34.